The summed E-state index contributed by atoms with van der Waals surface area (Å²) in [6.45, 7) is 1.56. The molecule has 4 atom stereocenters. The number of hydrogen-bond acceptors (Lipinski definition) is 5. The van der Waals surface area contributed by atoms with E-state index in [4.69, 9.17) is 28.2 Å². The number of amides is 1. The van der Waals surface area contributed by atoms with E-state index < -0.39 is 11.5 Å². The van der Waals surface area contributed by atoms with E-state index in [-0.39, 0.29) is 29.3 Å². The van der Waals surface area contributed by atoms with Gasteiger partial charge in [0.25, 0.3) is 0 Å². The molecular weight excluding hydrogens is 555 g/mol. The van der Waals surface area contributed by atoms with Crippen LogP contribution in [-0.2, 0) is 17.8 Å². The number of carboxylic acid groups (broad SMARTS) is 1. The smallest absolute Gasteiger partial charge is 0.335 e. The van der Waals surface area contributed by atoms with Crippen molar-refractivity contribution in [2.75, 3.05) is 11.9 Å². The maximum atomic E-state index is 14.4. The highest BCUT2D eigenvalue weighted by Gasteiger charge is 2.67. The normalized spacial score (nSPS) is 27.5. The first-order valence-electron chi connectivity index (χ1n) is 13.2. The van der Waals surface area contributed by atoms with Crippen molar-refractivity contribution in [3.63, 3.8) is 0 Å². The van der Waals surface area contributed by atoms with E-state index in [1.54, 1.807) is 12.1 Å². The van der Waals surface area contributed by atoms with Crippen LogP contribution in [0, 0.1) is 5.92 Å². The predicted molar refractivity (Wildman–Crippen MR) is 151 cm³/mol. The lowest BCUT2D eigenvalue weighted by Gasteiger charge is -2.45. The molecule has 2 fully saturated rings. The van der Waals surface area contributed by atoms with Crippen LogP contribution in [-0.4, -0.2) is 49.6 Å². The highest BCUT2D eigenvalue weighted by Crippen LogP contribution is 2.61. The number of imidazole rings is 1. The third-order valence-corrected chi connectivity index (χ3v) is 10.7. The SMILES string of the molecule is O=C(O)c1ccc2c(c1)nc1n2C[C@H]2[C@@H]1[C@H](c1ccc(Cl)s1)[C@@]1(Cc3ccc(Cl)cc3NC1=O)N2CC1CC1. The molecule has 39 heavy (non-hydrogen) atoms. The highest BCUT2D eigenvalue weighted by atomic mass is 35.5. The average molecular weight is 580 g/mol. The van der Waals surface area contributed by atoms with Gasteiger partial charge in [-0.1, -0.05) is 29.3 Å². The number of carboxylic acids is 1. The van der Waals surface area contributed by atoms with Crippen molar-refractivity contribution in [1.29, 1.82) is 0 Å². The number of benzene rings is 2. The zero-order chi connectivity index (χ0) is 26.6. The first-order valence-corrected chi connectivity index (χ1v) is 14.8. The number of rotatable bonds is 4. The molecule has 8 rings (SSSR count). The van der Waals surface area contributed by atoms with Crippen molar-refractivity contribution in [2.45, 2.75) is 49.2 Å². The van der Waals surface area contributed by atoms with Gasteiger partial charge in [-0.05, 0) is 66.8 Å². The van der Waals surface area contributed by atoms with Gasteiger partial charge in [0.2, 0.25) is 5.91 Å². The predicted octanol–water partition coefficient (Wildman–Crippen LogP) is 6.01. The molecule has 1 saturated heterocycles. The number of aromatic nitrogens is 2. The largest absolute Gasteiger partial charge is 0.478 e. The summed E-state index contributed by atoms with van der Waals surface area (Å²) in [5.74, 6) is 0.313. The van der Waals surface area contributed by atoms with E-state index in [0.29, 0.717) is 33.8 Å². The number of anilines is 1. The number of nitrogens with zero attached hydrogens (tertiary/aromatic N) is 3. The fourth-order valence-electron chi connectivity index (χ4n) is 7.32. The van der Waals surface area contributed by atoms with Crippen LogP contribution < -0.4 is 5.32 Å². The Balaban J connectivity index is 1.34. The molecule has 1 saturated carbocycles. The molecule has 7 nitrogen and oxygen atoms in total. The first kappa shape index (κ1) is 23.9. The molecule has 0 bridgehead atoms. The van der Waals surface area contributed by atoms with Crippen LogP contribution in [0.15, 0.2) is 48.5 Å². The van der Waals surface area contributed by atoms with Crippen molar-refractivity contribution in [3.8, 4) is 0 Å². The summed E-state index contributed by atoms with van der Waals surface area (Å²) in [6.07, 6.45) is 2.94. The Morgan fingerprint density at radius 3 is 2.74 bits per heavy atom. The van der Waals surface area contributed by atoms with Crippen LogP contribution in [0.25, 0.3) is 11.0 Å². The molecule has 1 spiro atoms. The van der Waals surface area contributed by atoms with Crippen molar-refractivity contribution >= 4 is 63.1 Å². The number of thiophene rings is 1. The standard InChI is InChI=1S/C29H24Cl2N4O3S/c30-17-5-3-16-11-29(28(38)33-18(16)10-17)25(22-7-8-23(31)39-22)24-21(35(29)12-14-1-2-14)13-34-20-6-4-15(27(36)37)9-19(20)32-26(24)34/h3-10,14,21,24-25H,1-2,11-13H2,(H,33,38)(H,36,37)/t21-,24+,25-,29+/m0/s1. The highest BCUT2D eigenvalue weighted by molar-refractivity contribution is 7.16. The molecule has 4 aliphatic rings. The van der Waals surface area contributed by atoms with Gasteiger partial charge in [0.1, 0.15) is 11.4 Å². The van der Waals surface area contributed by atoms with E-state index in [0.717, 1.165) is 34.0 Å². The van der Waals surface area contributed by atoms with Gasteiger partial charge in [0, 0.05) is 53.0 Å². The van der Waals surface area contributed by atoms with E-state index in [9.17, 15) is 14.7 Å². The number of aromatic carboxylic acids is 1. The Hall–Kier alpha value is -2.91. The minimum Gasteiger partial charge on any atom is -0.478 e. The number of fused-ring (bicyclic) bond motifs is 6. The number of likely N-dealkylation sites (tertiary alicyclic amines) is 1. The number of halogens is 2. The molecule has 10 heteroatoms. The summed E-state index contributed by atoms with van der Waals surface area (Å²) < 4.78 is 2.93. The van der Waals surface area contributed by atoms with E-state index in [1.807, 2.05) is 30.3 Å². The second-order valence-corrected chi connectivity index (χ2v) is 13.4. The van der Waals surface area contributed by atoms with Crippen LogP contribution in [0.2, 0.25) is 9.36 Å². The monoisotopic (exact) mass is 578 g/mol. The lowest BCUT2D eigenvalue weighted by Crippen LogP contribution is -2.61. The molecule has 4 aromatic rings. The lowest BCUT2D eigenvalue weighted by atomic mass is 9.72. The van der Waals surface area contributed by atoms with Crippen LogP contribution in [0.3, 0.4) is 0 Å². The third-order valence-electron chi connectivity index (χ3n) is 9.12. The van der Waals surface area contributed by atoms with E-state index >= 15 is 0 Å². The van der Waals surface area contributed by atoms with Gasteiger partial charge in [-0.25, -0.2) is 9.78 Å². The van der Waals surface area contributed by atoms with E-state index in [2.05, 4.69) is 20.9 Å². The van der Waals surface area contributed by atoms with Gasteiger partial charge < -0.3 is 15.0 Å². The number of carbonyl (C=O) groups is 2. The minimum atomic E-state index is -0.970. The van der Waals surface area contributed by atoms with Gasteiger partial charge >= 0.3 is 5.97 Å². The molecule has 3 aliphatic heterocycles. The fraction of sp³-hybridized carbons (Fsp3) is 0.345. The molecule has 2 aromatic heterocycles. The van der Waals surface area contributed by atoms with Crippen LogP contribution in [0.4, 0.5) is 5.69 Å². The summed E-state index contributed by atoms with van der Waals surface area (Å²) in [4.78, 5) is 34.7. The molecule has 5 heterocycles. The summed E-state index contributed by atoms with van der Waals surface area (Å²) in [7, 11) is 0. The molecule has 0 radical (unpaired) electrons. The Kier molecular flexibility index (Phi) is 5.09. The molecule has 2 N–H and O–H groups in total. The van der Waals surface area contributed by atoms with Crippen molar-refractivity contribution in [1.82, 2.24) is 14.5 Å². The molecule has 1 amide bonds. The van der Waals surface area contributed by atoms with Gasteiger partial charge in [0.05, 0.1) is 20.9 Å². The van der Waals surface area contributed by atoms with Gasteiger partial charge in [-0.2, -0.15) is 0 Å². The first-order chi connectivity index (χ1) is 18.8. The van der Waals surface area contributed by atoms with Gasteiger partial charge in [0.15, 0.2) is 0 Å². The maximum Gasteiger partial charge on any atom is 0.335 e. The second kappa shape index (κ2) is 8.30. The minimum absolute atomic E-state index is 0.00216. The third kappa shape index (κ3) is 3.41. The molecule has 2 aromatic carbocycles. The fourth-order valence-corrected chi connectivity index (χ4v) is 8.79. The van der Waals surface area contributed by atoms with Crippen molar-refractivity contribution < 1.29 is 14.7 Å². The van der Waals surface area contributed by atoms with Gasteiger partial charge in [-0.15, -0.1) is 11.3 Å². The van der Waals surface area contributed by atoms with Crippen LogP contribution in [0.1, 0.15) is 51.3 Å². The average Bonchev–Trinajstić information content (AvgIpc) is 3.23. The summed E-state index contributed by atoms with van der Waals surface area (Å²) >= 11 is 14.3. The van der Waals surface area contributed by atoms with Crippen LogP contribution >= 0.6 is 34.5 Å². The Bertz CT molecular complexity index is 1710. The molecule has 0 unspecified atom stereocenters. The lowest BCUT2D eigenvalue weighted by molar-refractivity contribution is -0.129. The zero-order valence-electron chi connectivity index (χ0n) is 20.7. The topological polar surface area (TPSA) is 87.5 Å². The molecular formula is C29H24Cl2N4O3S. The molecule has 1 aliphatic carbocycles. The second-order valence-electron chi connectivity index (χ2n) is 11.3. The summed E-state index contributed by atoms with van der Waals surface area (Å²) in [5, 5.41) is 13.4. The maximum absolute atomic E-state index is 14.4. The quantitative estimate of drug-likeness (QED) is 0.309. The van der Waals surface area contributed by atoms with Crippen molar-refractivity contribution in [3.05, 3.63) is 79.7 Å². The number of carbonyl (C=O) groups excluding carboxylic acids is 1. The summed E-state index contributed by atoms with van der Waals surface area (Å²) in [5.41, 5.74) is 2.88. The Morgan fingerprint density at radius 2 is 2.00 bits per heavy atom. The summed E-state index contributed by atoms with van der Waals surface area (Å²) in [6, 6.07) is 15.0. The Labute approximate surface area is 238 Å². The molecule has 198 valence electrons. The number of nitrogens with one attached hydrogen (secondary N) is 1. The number of hydrogen-bond donors (Lipinski definition) is 2. The van der Waals surface area contributed by atoms with Crippen LogP contribution in [0.5, 0.6) is 0 Å². The van der Waals surface area contributed by atoms with Crippen molar-refractivity contribution in [2.24, 2.45) is 5.92 Å². The Morgan fingerprint density at radius 1 is 1.15 bits per heavy atom. The zero-order valence-corrected chi connectivity index (χ0v) is 23.1. The van der Waals surface area contributed by atoms with E-state index in [1.165, 1.54) is 24.2 Å². The van der Waals surface area contributed by atoms with Gasteiger partial charge in [-0.3, -0.25) is 9.69 Å².